The summed E-state index contributed by atoms with van der Waals surface area (Å²) >= 11 is 5.99. The molecule has 0 saturated carbocycles. The van der Waals surface area contributed by atoms with Gasteiger partial charge in [-0.05, 0) is 31.2 Å². The van der Waals surface area contributed by atoms with E-state index >= 15 is 0 Å². The molecule has 2 aromatic rings. The molecule has 0 aliphatic carbocycles. The Morgan fingerprint density at radius 2 is 1.75 bits per heavy atom. The minimum absolute atomic E-state index is 0.00713. The van der Waals surface area contributed by atoms with Crippen LogP contribution < -0.4 is 20.2 Å². The molecule has 0 aliphatic heterocycles. The van der Waals surface area contributed by atoms with Gasteiger partial charge in [-0.25, -0.2) is 5.43 Å². The summed E-state index contributed by atoms with van der Waals surface area (Å²) in [4.78, 5) is 23.9. The summed E-state index contributed by atoms with van der Waals surface area (Å²) in [7, 11) is 3.11. The first-order valence-corrected chi connectivity index (χ1v) is 8.92. The number of ether oxygens (including phenoxy) is 2. The summed E-state index contributed by atoms with van der Waals surface area (Å²) in [5, 5.41) is 7.18. The molecule has 0 unspecified atom stereocenters. The van der Waals surface area contributed by atoms with Gasteiger partial charge in [0.1, 0.15) is 11.5 Å². The third-order valence-corrected chi connectivity index (χ3v) is 4.20. The second-order valence-electron chi connectivity index (χ2n) is 5.83. The number of halogens is 1. The average Bonchev–Trinajstić information content (AvgIpc) is 2.71. The van der Waals surface area contributed by atoms with Crippen LogP contribution in [-0.2, 0) is 9.59 Å². The van der Waals surface area contributed by atoms with E-state index in [4.69, 9.17) is 21.1 Å². The van der Waals surface area contributed by atoms with Gasteiger partial charge in [-0.1, -0.05) is 23.7 Å². The number of benzene rings is 2. The number of nitrogens with one attached hydrogen (secondary N) is 2. The highest BCUT2D eigenvalue weighted by Gasteiger charge is 2.11. The molecule has 0 aliphatic rings. The molecule has 2 N–H and O–H groups in total. The van der Waals surface area contributed by atoms with Crippen LogP contribution in [0.1, 0.15) is 25.3 Å². The maximum Gasteiger partial charge on any atom is 0.240 e. The summed E-state index contributed by atoms with van der Waals surface area (Å²) in [5.41, 5.74) is 4.24. The van der Waals surface area contributed by atoms with Crippen molar-refractivity contribution in [2.24, 2.45) is 5.10 Å². The van der Waals surface area contributed by atoms with E-state index in [1.165, 1.54) is 0 Å². The van der Waals surface area contributed by atoms with Gasteiger partial charge in [0.2, 0.25) is 11.8 Å². The number of hydrazone groups is 1. The fourth-order valence-corrected chi connectivity index (χ4v) is 2.55. The van der Waals surface area contributed by atoms with E-state index in [0.717, 1.165) is 5.56 Å². The van der Waals surface area contributed by atoms with E-state index in [-0.39, 0.29) is 24.7 Å². The van der Waals surface area contributed by atoms with E-state index < -0.39 is 0 Å². The molecule has 0 spiro atoms. The number of nitrogens with zero attached hydrogens (tertiary/aromatic N) is 1. The van der Waals surface area contributed by atoms with Gasteiger partial charge in [0, 0.05) is 24.5 Å². The van der Waals surface area contributed by atoms with Gasteiger partial charge in [-0.2, -0.15) is 5.10 Å². The van der Waals surface area contributed by atoms with Crippen molar-refractivity contribution in [1.29, 1.82) is 0 Å². The molecule has 0 fully saturated rings. The molecular formula is C20H22ClN3O4. The number of para-hydroxylation sites is 1. The Hall–Kier alpha value is -3.06. The van der Waals surface area contributed by atoms with Gasteiger partial charge in [0.05, 0.1) is 30.6 Å². The van der Waals surface area contributed by atoms with Crippen molar-refractivity contribution in [1.82, 2.24) is 5.43 Å². The molecule has 2 rings (SSSR count). The summed E-state index contributed by atoms with van der Waals surface area (Å²) in [6, 6.07) is 12.2. The van der Waals surface area contributed by atoms with Crippen molar-refractivity contribution in [2.75, 3.05) is 19.5 Å². The van der Waals surface area contributed by atoms with Crippen molar-refractivity contribution in [3.8, 4) is 11.5 Å². The number of hydrogen-bond acceptors (Lipinski definition) is 5. The van der Waals surface area contributed by atoms with Crippen molar-refractivity contribution in [2.45, 2.75) is 19.8 Å². The lowest BCUT2D eigenvalue weighted by molar-refractivity contribution is -0.124. The first kappa shape index (κ1) is 21.2. The monoisotopic (exact) mass is 403 g/mol. The summed E-state index contributed by atoms with van der Waals surface area (Å²) in [6.07, 6.45) is 0.00426. The summed E-state index contributed by atoms with van der Waals surface area (Å²) in [6.45, 7) is 1.74. The number of hydrogen-bond donors (Lipinski definition) is 2. The molecule has 2 aromatic carbocycles. The lowest BCUT2D eigenvalue weighted by Crippen LogP contribution is -2.22. The van der Waals surface area contributed by atoms with Crippen LogP contribution in [0.3, 0.4) is 0 Å². The van der Waals surface area contributed by atoms with Crippen LogP contribution >= 0.6 is 11.6 Å². The Morgan fingerprint density at radius 1 is 1.04 bits per heavy atom. The predicted molar refractivity (Wildman–Crippen MR) is 109 cm³/mol. The molecule has 0 bridgehead atoms. The molecule has 0 saturated heterocycles. The van der Waals surface area contributed by atoms with Crippen molar-refractivity contribution in [3.05, 3.63) is 53.1 Å². The Labute approximate surface area is 168 Å². The van der Waals surface area contributed by atoms with Crippen LogP contribution in [0.5, 0.6) is 11.5 Å². The van der Waals surface area contributed by atoms with Crippen LogP contribution in [-0.4, -0.2) is 31.7 Å². The van der Waals surface area contributed by atoms with Crippen molar-refractivity contribution < 1.29 is 19.1 Å². The molecule has 2 amide bonds. The van der Waals surface area contributed by atoms with Gasteiger partial charge >= 0.3 is 0 Å². The van der Waals surface area contributed by atoms with Crippen LogP contribution in [0.4, 0.5) is 5.69 Å². The standard InChI is InChI=1S/C20H22ClN3O4/c1-13(15-9-8-14(27-2)12-18(15)28-3)23-24-20(26)11-10-19(25)22-17-7-5-4-6-16(17)21/h4-9,12H,10-11H2,1-3H3,(H,22,25)(H,24,26). The van der Waals surface area contributed by atoms with Gasteiger partial charge in [0.25, 0.3) is 0 Å². The second kappa shape index (κ2) is 10.3. The predicted octanol–water partition coefficient (Wildman–Crippen LogP) is 3.62. The van der Waals surface area contributed by atoms with Gasteiger partial charge < -0.3 is 14.8 Å². The molecule has 0 atom stereocenters. The Morgan fingerprint density at radius 3 is 2.43 bits per heavy atom. The highest BCUT2D eigenvalue weighted by molar-refractivity contribution is 6.33. The lowest BCUT2D eigenvalue weighted by Gasteiger charge is -2.10. The molecule has 28 heavy (non-hydrogen) atoms. The van der Waals surface area contributed by atoms with E-state index in [2.05, 4.69) is 15.8 Å². The average molecular weight is 404 g/mol. The number of methoxy groups -OCH3 is 2. The van der Waals surface area contributed by atoms with E-state index in [9.17, 15) is 9.59 Å². The summed E-state index contributed by atoms with van der Waals surface area (Å²) in [5.74, 6) is 0.554. The minimum atomic E-state index is -0.374. The molecule has 8 heteroatoms. The van der Waals surface area contributed by atoms with Crippen LogP contribution in [0.15, 0.2) is 47.6 Å². The largest absolute Gasteiger partial charge is 0.497 e. The normalized spacial score (nSPS) is 10.9. The zero-order valence-corrected chi connectivity index (χ0v) is 16.7. The number of rotatable bonds is 8. The number of amides is 2. The smallest absolute Gasteiger partial charge is 0.240 e. The number of anilines is 1. The molecule has 0 aromatic heterocycles. The molecule has 148 valence electrons. The maximum absolute atomic E-state index is 12.0. The van der Waals surface area contributed by atoms with E-state index in [1.807, 2.05) is 0 Å². The SMILES string of the molecule is COc1ccc(C(C)=NNC(=O)CCC(=O)Nc2ccccc2Cl)c(OC)c1. The highest BCUT2D eigenvalue weighted by Crippen LogP contribution is 2.25. The zero-order valence-electron chi connectivity index (χ0n) is 15.9. The quantitative estimate of drug-likeness (QED) is 0.520. The zero-order chi connectivity index (χ0) is 20.5. The molecule has 7 nitrogen and oxygen atoms in total. The topological polar surface area (TPSA) is 89.0 Å². The fourth-order valence-electron chi connectivity index (χ4n) is 2.36. The number of carbonyl (C=O) groups is 2. The van der Waals surface area contributed by atoms with Gasteiger partial charge in [-0.3, -0.25) is 9.59 Å². The van der Waals surface area contributed by atoms with Gasteiger partial charge in [0.15, 0.2) is 0 Å². The second-order valence-corrected chi connectivity index (χ2v) is 6.23. The third-order valence-electron chi connectivity index (χ3n) is 3.87. The molecule has 0 radical (unpaired) electrons. The first-order chi connectivity index (χ1) is 13.4. The fraction of sp³-hybridized carbons (Fsp3) is 0.250. The van der Waals surface area contributed by atoms with Gasteiger partial charge in [-0.15, -0.1) is 0 Å². The van der Waals surface area contributed by atoms with Crippen LogP contribution in [0, 0.1) is 0 Å². The minimum Gasteiger partial charge on any atom is -0.497 e. The Bertz CT molecular complexity index is 884. The van der Waals surface area contributed by atoms with Crippen molar-refractivity contribution >= 4 is 34.8 Å². The Kier molecular flexibility index (Phi) is 7.83. The summed E-state index contributed by atoms with van der Waals surface area (Å²) < 4.78 is 10.5. The van der Waals surface area contributed by atoms with E-state index in [0.29, 0.717) is 27.9 Å². The third kappa shape index (κ3) is 5.99. The van der Waals surface area contributed by atoms with Crippen molar-refractivity contribution in [3.63, 3.8) is 0 Å². The molecular weight excluding hydrogens is 382 g/mol. The Balaban J connectivity index is 1.89. The lowest BCUT2D eigenvalue weighted by atomic mass is 10.1. The molecule has 0 heterocycles. The highest BCUT2D eigenvalue weighted by atomic mass is 35.5. The maximum atomic E-state index is 12.0. The van der Waals surface area contributed by atoms with Crippen LogP contribution in [0.2, 0.25) is 5.02 Å². The van der Waals surface area contributed by atoms with Crippen LogP contribution in [0.25, 0.3) is 0 Å². The number of carbonyl (C=O) groups excluding carboxylic acids is 2. The van der Waals surface area contributed by atoms with E-state index in [1.54, 1.807) is 63.6 Å². The first-order valence-electron chi connectivity index (χ1n) is 8.54.